The van der Waals surface area contributed by atoms with Gasteiger partial charge < -0.3 is 5.21 Å². The zero-order chi connectivity index (χ0) is 11.1. The summed E-state index contributed by atoms with van der Waals surface area (Å²) in [6.07, 6.45) is 3.96. The fourth-order valence-corrected chi connectivity index (χ4v) is 1.23. The van der Waals surface area contributed by atoms with Gasteiger partial charge in [0.2, 0.25) is 0 Å². The van der Waals surface area contributed by atoms with E-state index in [1.54, 1.807) is 0 Å². The van der Waals surface area contributed by atoms with E-state index in [1.165, 1.54) is 5.57 Å². The van der Waals surface area contributed by atoms with E-state index in [1.807, 2.05) is 13.8 Å². The minimum Gasteiger partial charge on any atom is -0.411 e. The highest BCUT2D eigenvalue weighted by Gasteiger charge is 2.09. The van der Waals surface area contributed by atoms with Crippen LogP contribution in [-0.2, 0) is 0 Å². The predicted molar refractivity (Wildman–Crippen MR) is 61.9 cm³/mol. The van der Waals surface area contributed by atoms with Gasteiger partial charge in [0, 0.05) is 0 Å². The first-order chi connectivity index (χ1) is 6.47. The molecule has 0 fully saturated rings. The van der Waals surface area contributed by atoms with Crippen molar-refractivity contribution in [3.63, 3.8) is 0 Å². The molecule has 14 heavy (non-hydrogen) atoms. The molecule has 0 aliphatic heterocycles. The van der Waals surface area contributed by atoms with Crippen molar-refractivity contribution in [1.29, 1.82) is 0 Å². The van der Waals surface area contributed by atoms with Crippen LogP contribution in [0.1, 0.15) is 40.5 Å². The van der Waals surface area contributed by atoms with Crippen LogP contribution in [0.5, 0.6) is 0 Å². The SMILES string of the molecule is C=C(C)[C@H](CC=C(C)C)C/C(C)=N/O. The number of hydrogen-bond donors (Lipinski definition) is 1. The van der Waals surface area contributed by atoms with Crippen LogP contribution in [0.3, 0.4) is 0 Å². The second-order valence-electron chi connectivity index (χ2n) is 4.10. The van der Waals surface area contributed by atoms with Gasteiger partial charge in [-0.3, -0.25) is 0 Å². The lowest BCUT2D eigenvalue weighted by molar-refractivity contribution is 0.316. The third kappa shape index (κ3) is 5.57. The lowest BCUT2D eigenvalue weighted by Crippen LogP contribution is -2.06. The monoisotopic (exact) mass is 195 g/mol. The van der Waals surface area contributed by atoms with Gasteiger partial charge >= 0.3 is 0 Å². The first-order valence-corrected chi connectivity index (χ1v) is 4.93. The van der Waals surface area contributed by atoms with E-state index in [4.69, 9.17) is 5.21 Å². The van der Waals surface area contributed by atoms with Gasteiger partial charge in [-0.15, -0.1) is 0 Å². The van der Waals surface area contributed by atoms with Gasteiger partial charge in [0.15, 0.2) is 0 Å². The largest absolute Gasteiger partial charge is 0.411 e. The molecular formula is C12H21NO. The molecule has 0 aromatic carbocycles. The zero-order valence-electron chi connectivity index (χ0n) is 9.67. The molecule has 0 radical (unpaired) electrons. The average molecular weight is 195 g/mol. The van der Waals surface area contributed by atoms with Crippen molar-refractivity contribution >= 4 is 5.71 Å². The molecule has 0 saturated carbocycles. The fraction of sp³-hybridized carbons (Fsp3) is 0.583. The zero-order valence-corrected chi connectivity index (χ0v) is 9.67. The average Bonchev–Trinajstić information content (AvgIpc) is 2.10. The van der Waals surface area contributed by atoms with E-state index in [0.29, 0.717) is 5.92 Å². The van der Waals surface area contributed by atoms with Gasteiger partial charge in [-0.05, 0) is 46.5 Å². The van der Waals surface area contributed by atoms with Crippen LogP contribution in [0.25, 0.3) is 0 Å². The van der Waals surface area contributed by atoms with E-state index < -0.39 is 0 Å². The lowest BCUT2D eigenvalue weighted by Gasteiger charge is -2.14. The van der Waals surface area contributed by atoms with Crippen molar-refractivity contribution in [1.82, 2.24) is 0 Å². The summed E-state index contributed by atoms with van der Waals surface area (Å²) in [5.74, 6) is 0.390. The summed E-state index contributed by atoms with van der Waals surface area (Å²) in [4.78, 5) is 0. The van der Waals surface area contributed by atoms with Gasteiger partial charge in [0.05, 0.1) is 5.71 Å². The molecule has 0 aliphatic carbocycles. The smallest absolute Gasteiger partial charge is 0.0546 e. The molecule has 0 amide bonds. The van der Waals surface area contributed by atoms with E-state index in [-0.39, 0.29) is 0 Å². The number of nitrogens with zero attached hydrogens (tertiary/aromatic N) is 1. The van der Waals surface area contributed by atoms with E-state index >= 15 is 0 Å². The first kappa shape index (κ1) is 12.9. The topological polar surface area (TPSA) is 32.6 Å². The predicted octanol–water partition coefficient (Wildman–Crippen LogP) is 3.78. The standard InChI is InChI=1S/C12H21NO/c1-9(2)6-7-12(10(3)4)8-11(5)13-14/h6,12,14H,3,7-8H2,1-2,4-5H3/b13-11+/t12-/m1/s1. The number of rotatable bonds is 5. The van der Waals surface area contributed by atoms with Crippen LogP contribution in [0.2, 0.25) is 0 Å². The highest BCUT2D eigenvalue weighted by atomic mass is 16.4. The van der Waals surface area contributed by atoms with Gasteiger partial charge in [0.25, 0.3) is 0 Å². The Bertz CT molecular complexity index is 247. The minimum atomic E-state index is 0.390. The molecule has 1 atom stereocenters. The lowest BCUT2D eigenvalue weighted by atomic mass is 9.92. The van der Waals surface area contributed by atoms with Gasteiger partial charge in [-0.1, -0.05) is 29.0 Å². The summed E-state index contributed by atoms with van der Waals surface area (Å²) in [6.45, 7) is 12.0. The molecule has 80 valence electrons. The van der Waals surface area contributed by atoms with Crippen molar-refractivity contribution in [2.75, 3.05) is 0 Å². The van der Waals surface area contributed by atoms with Gasteiger partial charge in [-0.2, -0.15) is 0 Å². The molecule has 0 bridgehead atoms. The number of allylic oxidation sites excluding steroid dienone is 3. The van der Waals surface area contributed by atoms with Crippen molar-refractivity contribution in [2.45, 2.75) is 40.5 Å². The Morgan fingerprint density at radius 1 is 1.36 bits per heavy atom. The van der Waals surface area contributed by atoms with Crippen LogP contribution in [0, 0.1) is 5.92 Å². The molecule has 0 unspecified atom stereocenters. The summed E-state index contributed by atoms with van der Waals surface area (Å²) >= 11 is 0. The molecule has 0 saturated heterocycles. The molecular weight excluding hydrogens is 174 g/mol. The molecule has 2 nitrogen and oxygen atoms in total. The van der Waals surface area contributed by atoms with E-state index in [0.717, 1.165) is 24.1 Å². The Balaban J connectivity index is 4.31. The molecule has 2 heteroatoms. The van der Waals surface area contributed by atoms with Crippen LogP contribution >= 0.6 is 0 Å². The van der Waals surface area contributed by atoms with Crippen LogP contribution in [0.15, 0.2) is 29.0 Å². The first-order valence-electron chi connectivity index (χ1n) is 4.93. The van der Waals surface area contributed by atoms with Gasteiger partial charge in [0.1, 0.15) is 0 Å². The molecule has 0 aromatic heterocycles. The summed E-state index contributed by atoms with van der Waals surface area (Å²) in [7, 11) is 0. The summed E-state index contributed by atoms with van der Waals surface area (Å²) in [6, 6.07) is 0. The molecule has 0 aromatic rings. The summed E-state index contributed by atoms with van der Waals surface area (Å²) in [5, 5.41) is 11.8. The second-order valence-corrected chi connectivity index (χ2v) is 4.10. The molecule has 0 rings (SSSR count). The minimum absolute atomic E-state index is 0.390. The van der Waals surface area contributed by atoms with Crippen LogP contribution in [0.4, 0.5) is 0 Å². The van der Waals surface area contributed by atoms with Crippen LogP contribution < -0.4 is 0 Å². The molecule has 0 spiro atoms. The summed E-state index contributed by atoms with van der Waals surface area (Å²) in [5.41, 5.74) is 3.22. The highest BCUT2D eigenvalue weighted by Crippen LogP contribution is 2.19. The maximum atomic E-state index is 8.59. The highest BCUT2D eigenvalue weighted by molar-refractivity contribution is 5.81. The molecule has 0 heterocycles. The maximum Gasteiger partial charge on any atom is 0.0546 e. The van der Waals surface area contributed by atoms with E-state index in [2.05, 4.69) is 31.7 Å². The Labute approximate surface area is 87.0 Å². The maximum absolute atomic E-state index is 8.59. The Morgan fingerprint density at radius 3 is 2.29 bits per heavy atom. The summed E-state index contributed by atoms with van der Waals surface area (Å²) < 4.78 is 0. The Morgan fingerprint density at radius 2 is 1.93 bits per heavy atom. The normalized spacial score (nSPS) is 13.6. The number of oxime groups is 1. The third-order valence-electron chi connectivity index (χ3n) is 2.22. The van der Waals surface area contributed by atoms with Crippen LogP contribution in [-0.4, -0.2) is 10.9 Å². The van der Waals surface area contributed by atoms with Crippen molar-refractivity contribution in [3.8, 4) is 0 Å². The van der Waals surface area contributed by atoms with Crippen molar-refractivity contribution < 1.29 is 5.21 Å². The fourth-order valence-electron chi connectivity index (χ4n) is 1.23. The molecule has 0 aliphatic rings. The molecule has 1 N–H and O–H groups in total. The Kier molecular flexibility index (Phi) is 5.93. The van der Waals surface area contributed by atoms with Gasteiger partial charge in [-0.25, -0.2) is 0 Å². The second kappa shape index (κ2) is 6.41. The Hall–Kier alpha value is -1.05. The van der Waals surface area contributed by atoms with Crippen molar-refractivity contribution in [2.24, 2.45) is 11.1 Å². The van der Waals surface area contributed by atoms with E-state index in [9.17, 15) is 0 Å². The quantitative estimate of drug-likeness (QED) is 0.308. The number of hydrogen-bond acceptors (Lipinski definition) is 2. The van der Waals surface area contributed by atoms with Crippen molar-refractivity contribution in [3.05, 3.63) is 23.8 Å². The third-order valence-corrected chi connectivity index (χ3v) is 2.22.